The number of rotatable bonds is 7. The average Bonchev–Trinajstić information content (AvgIpc) is 2.48. The van der Waals surface area contributed by atoms with Crippen molar-refractivity contribution in [3.8, 4) is 0 Å². The molecule has 0 fully saturated rings. The van der Waals surface area contributed by atoms with Crippen molar-refractivity contribution in [2.45, 2.75) is 0 Å². The lowest BCUT2D eigenvalue weighted by Crippen LogP contribution is -2.28. The first kappa shape index (κ1) is 14.6. The van der Waals surface area contributed by atoms with Crippen molar-refractivity contribution in [3.05, 3.63) is 30.6 Å². The SMILES string of the molecule is COCCN(C)CCNc1ccc2cnccc2c1N. The van der Waals surface area contributed by atoms with Crippen molar-refractivity contribution in [1.82, 2.24) is 9.88 Å². The van der Waals surface area contributed by atoms with Gasteiger partial charge < -0.3 is 20.7 Å². The number of nitrogens with one attached hydrogen (secondary N) is 1. The third kappa shape index (κ3) is 3.59. The van der Waals surface area contributed by atoms with Gasteiger partial charge in [0.25, 0.3) is 0 Å². The first-order valence-electron chi connectivity index (χ1n) is 6.76. The van der Waals surface area contributed by atoms with Gasteiger partial charge in [-0.05, 0) is 19.2 Å². The zero-order valence-corrected chi connectivity index (χ0v) is 12.1. The summed E-state index contributed by atoms with van der Waals surface area (Å²) in [7, 11) is 3.80. The van der Waals surface area contributed by atoms with Crippen molar-refractivity contribution in [2.24, 2.45) is 0 Å². The lowest BCUT2D eigenvalue weighted by atomic mass is 10.1. The maximum atomic E-state index is 6.19. The third-order valence-corrected chi connectivity index (χ3v) is 3.35. The van der Waals surface area contributed by atoms with Crippen LogP contribution in [0.25, 0.3) is 10.8 Å². The van der Waals surface area contributed by atoms with Gasteiger partial charge in [-0.15, -0.1) is 0 Å². The fourth-order valence-corrected chi connectivity index (χ4v) is 2.09. The number of anilines is 2. The summed E-state index contributed by atoms with van der Waals surface area (Å²) in [4.78, 5) is 6.32. The van der Waals surface area contributed by atoms with Gasteiger partial charge in [-0.3, -0.25) is 4.98 Å². The molecule has 108 valence electrons. The van der Waals surface area contributed by atoms with Crippen LogP contribution in [0.5, 0.6) is 0 Å². The number of likely N-dealkylation sites (N-methyl/N-ethyl adjacent to an activating group) is 1. The van der Waals surface area contributed by atoms with Crippen molar-refractivity contribution >= 4 is 22.1 Å². The van der Waals surface area contributed by atoms with Crippen LogP contribution in [0.15, 0.2) is 30.6 Å². The van der Waals surface area contributed by atoms with Crippen LogP contribution in [0.2, 0.25) is 0 Å². The molecule has 2 rings (SSSR count). The fraction of sp³-hybridized carbons (Fsp3) is 0.400. The van der Waals surface area contributed by atoms with Crippen LogP contribution >= 0.6 is 0 Å². The number of pyridine rings is 1. The van der Waals surface area contributed by atoms with Crippen LogP contribution in [0.1, 0.15) is 0 Å². The van der Waals surface area contributed by atoms with Crippen LogP contribution in [-0.2, 0) is 4.74 Å². The zero-order chi connectivity index (χ0) is 14.4. The van der Waals surface area contributed by atoms with Crippen molar-refractivity contribution in [1.29, 1.82) is 0 Å². The molecule has 1 aromatic carbocycles. The van der Waals surface area contributed by atoms with E-state index in [4.69, 9.17) is 10.5 Å². The van der Waals surface area contributed by atoms with Gasteiger partial charge in [0.05, 0.1) is 18.0 Å². The summed E-state index contributed by atoms with van der Waals surface area (Å²) < 4.78 is 5.06. The van der Waals surface area contributed by atoms with E-state index in [-0.39, 0.29) is 0 Å². The number of benzene rings is 1. The highest BCUT2D eigenvalue weighted by molar-refractivity contribution is 5.98. The van der Waals surface area contributed by atoms with E-state index < -0.39 is 0 Å². The second-order valence-corrected chi connectivity index (χ2v) is 4.85. The van der Waals surface area contributed by atoms with Crippen LogP contribution in [0.3, 0.4) is 0 Å². The molecular formula is C15H22N4O. The highest BCUT2D eigenvalue weighted by Crippen LogP contribution is 2.27. The molecule has 0 saturated heterocycles. The smallest absolute Gasteiger partial charge is 0.0630 e. The number of hydrogen-bond donors (Lipinski definition) is 2. The molecule has 0 saturated carbocycles. The molecule has 1 heterocycles. The molecule has 0 aliphatic heterocycles. The lowest BCUT2D eigenvalue weighted by molar-refractivity contribution is 0.163. The summed E-state index contributed by atoms with van der Waals surface area (Å²) in [5.74, 6) is 0. The number of methoxy groups -OCH3 is 1. The summed E-state index contributed by atoms with van der Waals surface area (Å²) in [5.41, 5.74) is 7.95. The molecular weight excluding hydrogens is 252 g/mol. The molecule has 0 spiro atoms. The van der Waals surface area contributed by atoms with E-state index in [0.29, 0.717) is 0 Å². The quantitative estimate of drug-likeness (QED) is 0.754. The molecule has 2 aromatic rings. The number of nitrogens with zero attached hydrogens (tertiary/aromatic N) is 2. The molecule has 0 bridgehead atoms. The Kier molecular flexibility index (Phi) is 5.15. The predicted molar refractivity (Wildman–Crippen MR) is 84.0 cm³/mol. The minimum atomic E-state index is 0.752. The highest BCUT2D eigenvalue weighted by atomic mass is 16.5. The van der Waals surface area contributed by atoms with Gasteiger partial charge in [-0.25, -0.2) is 0 Å². The second kappa shape index (κ2) is 7.07. The Hall–Kier alpha value is -1.85. The minimum Gasteiger partial charge on any atom is -0.397 e. The summed E-state index contributed by atoms with van der Waals surface area (Å²) in [6.07, 6.45) is 3.59. The number of hydrogen-bond acceptors (Lipinski definition) is 5. The number of ether oxygens (including phenoxy) is 1. The first-order chi connectivity index (χ1) is 9.72. The second-order valence-electron chi connectivity index (χ2n) is 4.85. The van der Waals surface area contributed by atoms with Gasteiger partial charge in [0, 0.05) is 49.9 Å². The largest absolute Gasteiger partial charge is 0.397 e. The fourth-order valence-electron chi connectivity index (χ4n) is 2.09. The Labute approximate surface area is 119 Å². The normalized spacial score (nSPS) is 11.2. The molecule has 5 nitrogen and oxygen atoms in total. The number of aromatic nitrogens is 1. The van der Waals surface area contributed by atoms with E-state index in [9.17, 15) is 0 Å². The number of fused-ring (bicyclic) bond motifs is 1. The van der Waals surface area contributed by atoms with E-state index in [1.54, 1.807) is 13.3 Å². The lowest BCUT2D eigenvalue weighted by Gasteiger charge is -2.17. The van der Waals surface area contributed by atoms with Gasteiger partial charge in [0.1, 0.15) is 0 Å². The Balaban J connectivity index is 1.95. The summed E-state index contributed by atoms with van der Waals surface area (Å²) in [6, 6.07) is 5.99. The highest BCUT2D eigenvalue weighted by Gasteiger charge is 2.04. The molecule has 0 aliphatic carbocycles. The number of nitrogen functional groups attached to an aromatic ring is 1. The zero-order valence-electron chi connectivity index (χ0n) is 12.1. The van der Waals surface area contributed by atoms with Crippen LogP contribution in [-0.4, -0.2) is 50.3 Å². The topological polar surface area (TPSA) is 63.4 Å². The molecule has 5 heteroatoms. The van der Waals surface area contributed by atoms with Crippen molar-refractivity contribution in [2.75, 3.05) is 51.4 Å². The average molecular weight is 274 g/mol. The Morgan fingerprint density at radius 1 is 1.30 bits per heavy atom. The predicted octanol–water partition coefficient (Wildman–Crippen LogP) is 1.81. The summed E-state index contributed by atoms with van der Waals surface area (Å²) in [5, 5.41) is 5.49. The molecule has 0 radical (unpaired) electrons. The molecule has 0 amide bonds. The minimum absolute atomic E-state index is 0.752. The third-order valence-electron chi connectivity index (χ3n) is 3.35. The molecule has 20 heavy (non-hydrogen) atoms. The first-order valence-corrected chi connectivity index (χ1v) is 6.76. The van der Waals surface area contributed by atoms with Crippen LogP contribution in [0, 0.1) is 0 Å². The van der Waals surface area contributed by atoms with Crippen molar-refractivity contribution < 1.29 is 4.74 Å². The Morgan fingerprint density at radius 2 is 2.15 bits per heavy atom. The maximum absolute atomic E-state index is 6.19. The standard InChI is InChI=1S/C15H22N4O/c1-19(9-10-20-2)8-7-18-14-4-3-12-11-17-6-5-13(12)15(14)16/h3-6,11,18H,7-10,16H2,1-2H3. The van der Waals surface area contributed by atoms with E-state index in [2.05, 4.69) is 22.2 Å². The molecule has 1 aromatic heterocycles. The van der Waals surface area contributed by atoms with Crippen LogP contribution in [0.4, 0.5) is 11.4 Å². The molecule has 3 N–H and O–H groups in total. The summed E-state index contributed by atoms with van der Waals surface area (Å²) >= 11 is 0. The van der Waals surface area contributed by atoms with Gasteiger partial charge in [0.15, 0.2) is 0 Å². The monoisotopic (exact) mass is 274 g/mol. The van der Waals surface area contributed by atoms with Gasteiger partial charge in [0.2, 0.25) is 0 Å². The van der Waals surface area contributed by atoms with E-state index in [1.807, 2.05) is 24.4 Å². The van der Waals surface area contributed by atoms with Crippen LogP contribution < -0.4 is 11.1 Å². The van der Waals surface area contributed by atoms with E-state index >= 15 is 0 Å². The van der Waals surface area contributed by atoms with Gasteiger partial charge in [-0.2, -0.15) is 0 Å². The van der Waals surface area contributed by atoms with Gasteiger partial charge >= 0.3 is 0 Å². The van der Waals surface area contributed by atoms with E-state index in [0.717, 1.165) is 48.4 Å². The van der Waals surface area contributed by atoms with E-state index in [1.165, 1.54) is 0 Å². The molecule has 0 atom stereocenters. The Bertz CT molecular complexity index is 559. The van der Waals surface area contributed by atoms with Gasteiger partial charge in [-0.1, -0.05) is 6.07 Å². The molecule has 0 aliphatic rings. The summed E-state index contributed by atoms with van der Waals surface area (Å²) in [6.45, 7) is 3.47. The Morgan fingerprint density at radius 3 is 2.95 bits per heavy atom. The molecule has 0 unspecified atom stereocenters. The number of nitrogens with two attached hydrogens (primary N) is 1. The maximum Gasteiger partial charge on any atom is 0.0630 e. The van der Waals surface area contributed by atoms with Crippen molar-refractivity contribution in [3.63, 3.8) is 0 Å².